The number of pyridine rings is 1. The minimum absolute atomic E-state index is 0.0168. The van der Waals surface area contributed by atoms with Gasteiger partial charge in [-0.15, -0.1) is 0 Å². The molecule has 100 valence electrons. The fraction of sp³-hybridized carbons (Fsp3) is 0.538. The SMILES string of the molecule is CCOCC(NC(=O)c1ccc(N)cn1)C(C)C. The number of nitrogens with one attached hydrogen (secondary N) is 1. The van der Waals surface area contributed by atoms with Crippen molar-refractivity contribution in [1.82, 2.24) is 10.3 Å². The molecule has 18 heavy (non-hydrogen) atoms. The molecule has 0 bridgehead atoms. The Balaban J connectivity index is 2.63. The van der Waals surface area contributed by atoms with Crippen LogP contribution in [0.1, 0.15) is 31.3 Å². The van der Waals surface area contributed by atoms with Gasteiger partial charge in [0.1, 0.15) is 5.69 Å². The summed E-state index contributed by atoms with van der Waals surface area (Å²) >= 11 is 0. The number of hydrogen-bond donors (Lipinski definition) is 2. The van der Waals surface area contributed by atoms with E-state index in [1.807, 2.05) is 20.8 Å². The normalized spacial score (nSPS) is 12.4. The number of nitrogens with zero attached hydrogens (tertiary/aromatic N) is 1. The number of aromatic nitrogens is 1. The van der Waals surface area contributed by atoms with Gasteiger partial charge in [0, 0.05) is 6.61 Å². The smallest absolute Gasteiger partial charge is 0.270 e. The quantitative estimate of drug-likeness (QED) is 0.802. The number of anilines is 1. The van der Waals surface area contributed by atoms with E-state index in [9.17, 15) is 4.79 Å². The Labute approximate surface area is 108 Å². The van der Waals surface area contributed by atoms with Gasteiger partial charge in [0.05, 0.1) is 24.5 Å². The molecule has 5 heteroatoms. The molecule has 3 N–H and O–H groups in total. The molecule has 0 aliphatic rings. The van der Waals surface area contributed by atoms with Crippen molar-refractivity contribution in [2.45, 2.75) is 26.8 Å². The Morgan fingerprint density at radius 2 is 2.22 bits per heavy atom. The van der Waals surface area contributed by atoms with Gasteiger partial charge in [0.2, 0.25) is 0 Å². The summed E-state index contributed by atoms with van der Waals surface area (Å²) in [5.74, 6) is 0.0997. The molecule has 1 rings (SSSR count). The lowest BCUT2D eigenvalue weighted by molar-refractivity contribution is 0.0802. The zero-order chi connectivity index (χ0) is 13.5. The molecule has 1 aromatic rings. The zero-order valence-electron chi connectivity index (χ0n) is 11.1. The number of rotatable bonds is 6. The number of amides is 1. The van der Waals surface area contributed by atoms with Crippen molar-refractivity contribution in [2.75, 3.05) is 18.9 Å². The molecule has 0 radical (unpaired) electrons. The molecule has 0 aliphatic carbocycles. The van der Waals surface area contributed by atoms with Crippen molar-refractivity contribution in [1.29, 1.82) is 0 Å². The Bertz CT molecular complexity index is 376. The largest absolute Gasteiger partial charge is 0.397 e. The molecule has 0 fully saturated rings. The summed E-state index contributed by atoms with van der Waals surface area (Å²) in [6, 6.07) is 3.26. The maximum atomic E-state index is 12.0. The average molecular weight is 251 g/mol. The monoisotopic (exact) mass is 251 g/mol. The van der Waals surface area contributed by atoms with Crippen LogP contribution in [0.4, 0.5) is 5.69 Å². The van der Waals surface area contributed by atoms with Crippen molar-refractivity contribution in [2.24, 2.45) is 5.92 Å². The fourth-order valence-electron chi connectivity index (χ4n) is 1.43. The summed E-state index contributed by atoms with van der Waals surface area (Å²) in [4.78, 5) is 16.0. The molecule has 0 spiro atoms. The topological polar surface area (TPSA) is 77.2 Å². The Morgan fingerprint density at radius 3 is 2.72 bits per heavy atom. The molecule has 0 aliphatic heterocycles. The van der Waals surface area contributed by atoms with Crippen molar-refractivity contribution >= 4 is 11.6 Å². The number of ether oxygens (including phenoxy) is 1. The first-order chi connectivity index (χ1) is 8.54. The molecule has 1 amide bonds. The van der Waals surface area contributed by atoms with Gasteiger partial charge >= 0.3 is 0 Å². The lowest BCUT2D eigenvalue weighted by atomic mass is 10.1. The van der Waals surface area contributed by atoms with E-state index in [0.29, 0.717) is 30.5 Å². The molecule has 1 unspecified atom stereocenters. The van der Waals surface area contributed by atoms with Crippen LogP contribution in [-0.2, 0) is 4.74 Å². The third-order valence-corrected chi connectivity index (χ3v) is 2.64. The highest BCUT2D eigenvalue weighted by atomic mass is 16.5. The van der Waals surface area contributed by atoms with Gasteiger partial charge < -0.3 is 15.8 Å². The van der Waals surface area contributed by atoms with Crippen LogP contribution in [0, 0.1) is 5.92 Å². The third-order valence-electron chi connectivity index (χ3n) is 2.64. The first-order valence-corrected chi connectivity index (χ1v) is 6.14. The predicted molar refractivity (Wildman–Crippen MR) is 71.2 cm³/mol. The summed E-state index contributed by atoms with van der Waals surface area (Å²) in [7, 11) is 0. The van der Waals surface area contributed by atoms with Gasteiger partial charge in [-0.05, 0) is 25.0 Å². The third kappa shape index (κ3) is 4.33. The summed E-state index contributed by atoms with van der Waals surface area (Å²) in [6.07, 6.45) is 1.47. The van der Waals surface area contributed by atoms with Crippen molar-refractivity contribution in [3.05, 3.63) is 24.0 Å². The predicted octanol–water partition coefficient (Wildman–Crippen LogP) is 1.45. The number of nitrogen functional groups attached to an aromatic ring is 1. The van der Waals surface area contributed by atoms with Crippen LogP contribution in [0.25, 0.3) is 0 Å². The number of carbonyl (C=O) groups excluding carboxylic acids is 1. The van der Waals surface area contributed by atoms with E-state index in [1.165, 1.54) is 6.20 Å². The summed E-state index contributed by atoms with van der Waals surface area (Å²) in [6.45, 7) is 7.16. The summed E-state index contributed by atoms with van der Waals surface area (Å²) in [5, 5.41) is 2.92. The van der Waals surface area contributed by atoms with Gasteiger partial charge in [0.15, 0.2) is 0 Å². The minimum atomic E-state index is -0.201. The minimum Gasteiger partial charge on any atom is -0.397 e. The molecule has 0 aromatic carbocycles. The van der Waals surface area contributed by atoms with Gasteiger partial charge in [-0.2, -0.15) is 0 Å². The van der Waals surface area contributed by atoms with Crippen LogP contribution in [0.5, 0.6) is 0 Å². The Hall–Kier alpha value is -1.62. The first-order valence-electron chi connectivity index (χ1n) is 6.14. The maximum absolute atomic E-state index is 12.0. The number of carbonyl (C=O) groups is 1. The number of hydrogen-bond acceptors (Lipinski definition) is 4. The molecule has 1 heterocycles. The van der Waals surface area contributed by atoms with Crippen LogP contribution in [0.2, 0.25) is 0 Å². The summed E-state index contributed by atoms with van der Waals surface area (Å²) < 4.78 is 5.36. The standard InChI is InChI=1S/C13H21N3O2/c1-4-18-8-12(9(2)3)16-13(17)11-6-5-10(14)7-15-11/h5-7,9,12H,4,8,14H2,1-3H3,(H,16,17). The van der Waals surface area contributed by atoms with E-state index >= 15 is 0 Å². The number of nitrogens with two attached hydrogens (primary N) is 1. The molecular weight excluding hydrogens is 230 g/mol. The van der Waals surface area contributed by atoms with Crippen molar-refractivity contribution in [3.63, 3.8) is 0 Å². The van der Waals surface area contributed by atoms with Crippen LogP contribution >= 0.6 is 0 Å². The van der Waals surface area contributed by atoms with Crippen LogP contribution < -0.4 is 11.1 Å². The van der Waals surface area contributed by atoms with Crippen LogP contribution in [0.3, 0.4) is 0 Å². The molecule has 1 aromatic heterocycles. The molecular formula is C13H21N3O2. The van der Waals surface area contributed by atoms with Crippen LogP contribution in [-0.4, -0.2) is 30.1 Å². The van der Waals surface area contributed by atoms with E-state index in [0.717, 1.165) is 0 Å². The van der Waals surface area contributed by atoms with Crippen molar-refractivity contribution < 1.29 is 9.53 Å². The molecule has 5 nitrogen and oxygen atoms in total. The lowest BCUT2D eigenvalue weighted by Gasteiger charge is -2.21. The highest BCUT2D eigenvalue weighted by Crippen LogP contribution is 2.05. The Kier molecular flexibility index (Phi) is 5.58. The molecule has 0 saturated carbocycles. The van der Waals surface area contributed by atoms with E-state index in [-0.39, 0.29) is 11.9 Å². The molecule has 0 saturated heterocycles. The van der Waals surface area contributed by atoms with Gasteiger partial charge in [-0.1, -0.05) is 13.8 Å². The highest BCUT2D eigenvalue weighted by molar-refractivity contribution is 5.92. The Morgan fingerprint density at radius 1 is 1.50 bits per heavy atom. The second-order valence-corrected chi connectivity index (χ2v) is 4.46. The highest BCUT2D eigenvalue weighted by Gasteiger charge is 2.17. The van der Waals surface area contributed by atoms with Crippen molar-refractivity contribution in [3.8, 4) is 0 Å². The second-order valence-electron chi connectivity index (χ2n) is 4.46. The van der Waals surface area contributed by atoms with E-state index in [1.54, 1.807) is 12.1 Å². The van der Waals surface area contributed by atoms with Gasteiger partial charge in [-0.3, -0.25) is 4.79 Å². The van der Waals surface area contributed by atoms with E-state index in [2.05, 4.69) is 10.3 Å². The van der Waals surface area contributed by atoms with E-state index < -0.39 is 0 Å². The zero-order valence-corrected chi connectivity index (χ0v) is 11.1. The fourth-order valence-corrected chi connectivity index (χ4v) is 1.43. The maximum Gasteiger partial charge on any atom is 0.270 e. The van der Waals surface area contributed by atoms with E-state index in [4.69, 9.17) is 10.5 Å². The van der Waals surface area contributed by atoms with Crippen LogP contribution in [0.15, 0.2) is 18.3 Å². The lowest BCUT2D eigenvalue weighted by Crippen LogP contribution is -2.42. The first kappa shape index (κ1) is 14.4. The molecule has 1 atom stereocenters. The average Bonchev–Trinajstić information content (AvgIpc) is 2.34. The summed E-state index contributed by atoms with van der Waals surface area (Å²) in [5.41, 5.74) is 6.44. The van der Waals surface area contributed by atoms with Gasteiger partial charge in [0.25, 0.3) is 5.91 Å². The van der Waals surface area contributed by atoms with Gasteiger partial charge in [-0.25, -0.2) is 4.98 Å². The second kappa shape index (κ2) is 6.96.